The van der Waals surface area contributed by atoms with Gasteiger partial charge in [-0.1, -0.05) is 30.3 Å². The normalized spacial score (nSPS) is 12.8. The van der Waals surface area contributed by atoms with Crippen molar-refractivity contribution in [1.82, 2.24) is 4.90 Å². The third-order valence-electron chi connectivity index (χ3n) is 3.14. The maximum Gasteiger partial charge on any atom is 0.240 e. The molecule has 0 heterocycles. The molecule has 0 N–H and O–H groups in total. The summed E-state index contributed by atoms with van der Waals surface area (Å²) in [5, 5.41) is 18.1. The van der Waals surface area contributed by atoms with Gasteiger partial charge in [-0.3, -0.25) is 4.79 Å². The van der Waals surface area contributed by atoms with Gasteiger partial charge in [0.2, 0.25) is 5.91 Å². The van der Waals surface area contributed by atoms with Crippen molar-refractivity contribution in [1.29, 1.82) is 10.5 Å². The maximum atomic E-state index is 12.4. The highest BCUT2D eigenvalue weighted by molar-refractivity contribution is 5.81. The molecule has 20 heavy (non-hydrogen) atoms. The standard InChI is InChI=1S/C16H19N3O/c1-3-19(12-13(2)10-17)16(20)15(11-18)9-14-7-5-4-6-8-14/h4-8,13,15H,3,9,12H2,1-2H3. The fraction of sp³-hybridized carbons (Fsp3) is 0.438. The average molecular weight is 269 g/mol. The van der Waals surface area contributed by atoms with Crippen molar-refractivity contribution in [2.24, 2.45) is 11.8 Å². The van der Waals surface area contributed by atoms with Crippen molar-refractivity contribution in [3.8, 4) is 12.1 Å². The van der Waals surface area contributed by atoms with Crippen molar-refractivity contribution in [3.05, 3.63) is 35.9 Å². The quantitative estimate of drug-likeness (QED) is 0.796. The van der Waals surface area contributed by atoms with Crippen LogP contribution in [0.15, 0.2) is 30.3 Å². The molecule has 0 saturated carbocycles. The molecule has 1 aromatic carbocycles. The van der Waals surface area contributed by atoms with Gasteiger partial charge in [0.05, 0.1) is 18.1 Å². The Morgan fingerprint density at radius 2 is 1.90 bits per heavy atom. The van der Waals surface area contributed by atoms with E-state index in [9.17, 15) is 10.1 Å². The van der Waals surface area contributed by atoms with Gasteiger partial charge in [0.25, 0.3) is 0 Å². The van der Waals surface area contributed by atoms with Crippen molar-refractivity contribution in [3.63, 3.8) is 0 Å². The number of nitriles is 2. The molecule has 0 fully saturated rings. The molecule has 0 saturated heterocycles. The van der Waals surface area contributed by atoms with Gasteiger partial charge < -0.3 is 4.90 Å². The van der Waals surface area contributed by atoms with Gasteiger partial charge in [0.15, 0.2) is 0 Å². The molecule has 0 aliphatic rings. The summed E-state index contributed by atoms with van der Waals surface area (Å²) < 4.78 is 0. The molecule has 0 aliphatic heterocycles. The van der Waals surface area contributed by atoms with Gasteiger partial charge in [-0.05, 0) is 25.8 Å². The summed E-state index contributed by atoms with van der Waals surface area (Å²) in [5.41, 5.74) is 0.969. The molecule has 4 nitrogen and oxygen atoms in total. The Morgan fingerprint density at radius 1 is 1.25 bits per heavy atom. The second-order valence-electron chi connectivity index (χ2n) is 4.78. The zero-order valence-corrected chi connectivity index (χ0v) is 11.9. The van der Waals surface area contributed by atoms with Crippen LogP contribution in [-0.2, 0) is 11.2 Å². The lowest BCUT2D eigenvalue weighted by atomic mass is 9.99. The molecule has 1 aromatic rings. The average Bonchev–Trinajstić information content (AvgIpc) is 2.50. The van der Waals surface area contributed by atoms with Gasteiger partial charge in [-0.15, -0.1) is 0 Å². The van der Waals surface area contributed by atoms with Crippen LogP contribution in [0, 0.1) is 34.5 Å². The van der Waals surface area contributed by atoms with Gasteiger partial charge >= 0.3 is 0 Å². The van der Waals surface area contributed by atoms with E-state index in [4.69, 9.17) is 5.26 Å². The van der Waals surface area contributed by atoms with E-state index in [0.29, 0.717) is 19.5 Å². The monoisotopic (exact) mass is 269 g/mol. The van der Waals surface area contributed by atoms with Crippen molar-refractivity contribution < 1.29 is 4.79 Å². The Bertz CT molecular complexity index is 513. The van der Waals surface area contributed by atoms with Gasteiger partial charge in [0.1, 0.15) is 5.92 Å². The summed E-state index contributed by atoms with van der Waals surface area (Å²) in [6.45, 7) is 4.52. The minimum absolute atomic E-state index is 0.194. The number of carbonyl (C=O) groups excluding carboxylic acids is 1. The Labute approximate surface area is 120 Å². The summed E-state index contributed by atoms with van der Waals surface area (Å²) >= 11 is 0. The zero-order valence-electron chi connectivity index (χ0n) is 11.9. The maximum absolute atomic E-state index is 12.4. The van der Waals surface area contributed by atoms with Crippen LogP contribution in [0.1, 0.15) is 19.4 Å². The molecule has 2 unspecified atom stereocenters. The molecule has 0 bridgehead atoms. The number of hydrogen-bond donors (Lipinski definition) is 0. The number of carbonyl (C=O) groups is 1. The molecule has 4 heteroatoms. The molecular weight excluding hydrogens is 250 g/mol. The van der Waals surface area contributed by atoms with Crippen LogP contribution in [-0.4, -0.2) is 23.9 Å². The minimum atomic E-state index is -0.691. The lowest BCUT2D eigenvalue weighted by Crippen LogP contribution is -2.39. The van der Waals surface area contributed by atoms with Gasteiger partial charge in [-0.25, -0.2) is 0 Å². The number of nitrogens with zero attached hydrogens (tertiary/aromatic N) is 3. The van der Waals surface area contributed by atoms with E-state index in [2.05, 4.69) is 12.1 Å². The summed E-state index contributed by atoms with van der Waals surface area (Å²) in [4.78, 5) is 13.9. The number of benzene rings is 1. The molecule has 104 valence electrons. The Balaban J connectivity index is 2.76. The van der Waals surface area contributed by atoms with E-state index in [1.54, 1.807) is 11.8 Å². The lowest BCUT2D eigenvalue weighted by molar-refractivity contribution is -0.133. The molecular formula is C16H19N3O. The van der Waals surface area contributed by atoms with Crippen LogP contribution in [0.3, 0.4) is 0 Å². The Morgan fingerprint density at radius 3 is 2.40 bits per heavy atom. The van der Waals surface area contributed by atoms with E-state index in [-0.39, 0.29) is 11.8 Å². The fourth-order valence-corrected chi connectivity index (χ4v) is 2.00. The number of hydrogen-bond acceptors (Lipinski definition) is 3. The third-order valence-corrected chi connectivity index (χ3v) is 3.14. The molecule has 0 spiro atoms. The van der Waals surface area contributed by atoms with Gasteiger partial charge in [0, 0.05) is 13.1 Å². The topological polar surface area (TPSA) is 67.9 Å². The second kappa shape index (κ2) is 7.96. The summed E-state index contributed by atoms with van der Waals surface area (Å²) in [6.07, 6.45) is 0.410. The highest BCUT2D eigenvalue weighted by Gasteiger charge is 2.24. The Kier molecular flexibility index (Phi) is 6.26. The fourth-order valence-electron chi connectivity index (χ4n) is 2.00. The number of rotatable bonds is 6. The Hall–Kier alpha value is -2.33. The first-order valence-electron chi connectivity index (χ1n) is 6.74. The van der Waals surface area contributed by atoms with E-state index < -0.39 is 5.92 Å². The first-order valence-corrected chi connectivity index (χ1v) is 6.74. The predicted octanol–water partition coefficient (Wildman–Crippen LogP) is 2.38. The number of amides is 1. The SMILES string of the molecule is CCN(CC(C)C#N)C(=O)C(C#N)Cc1ccccc1. The smallest absolute Gasteiger partial charge is 0.240 e. The first kappa shape index (κ1) is 15.7. The minimum Gasteiger partial charge on any atom is -0.341 e. The third kappa shape index (κ3) is 4.40. The van der Waals surface area contributed by atoms with Crippen LogP contribution >= 0.6 is 0 Å². The zero-order chi connectivity index (χ0) is 15.0. The summed E-state index contributed by atoms with van der Waals surface area (Å²) in [5.74, 6) is -1.11. The first-order chi connectivity index (χ1) is 9.62. The van der Waals surface area contributed by atoms with Crippen molar-refractivity contribution >= 4 is 5.91 Å². The highest BCUT2D eigenvalue weighted by atomic mass is 16.2. The van der Waals surface area contributed by atoms with E-state index in [0.717, 1.165) is 5.56 Å². The van der Waals surface area contributed by atoms with Crippen LogP contribution in [0.2, 0.25) is 0 Å². The predicted molar refractivity (Wildman–Crippen MR) is 76.3 cm³/mol. The summed E-state index contributed by atoms with van der Waals surface area (Å²) in [6, 6.07) is 13.7. The lowest BCUT2D eigenvalue weighted by Gasteiger charge is -2.24. The molecule has 1 amide bonds. The van der Waals surface area contributed by atoms with Crippen LogP contribution < -0.4 is 0 Å². The highest BCUT2D eigenvalue weighted by Crippen LogP contribution is 2.12. The van der Waals surface area contributed by atoms with Crippen molar-refractivity contribution in [2.75, 3.05) is 13.1 Å². The molecule has 1 rings (SSSR count). The molecule has 2 atom stereocenters. The molecule has 0 radical (unpaired) electrons. The second-order valence-corrected chi connectivity index (χ2v) is 4.78. The summed E-state index contributed by atoms with van der Waals surface area (Å²) in [7, 11) is 0. The van der Waals surface area contributed by atoms with Crippen molar-refractivity contribution in [2.45, 2.75) is 20.3 Å². The van der Waals surface area contributed by atoms with Crippen LogP contribution in [0.5, 0.6) is 0 Å². The van der Waals surface area contributed by atoms with E-state index in [1.807, 2.05) is 37.3 Å². The van der Waals surface area contributed by atoms with E-state index >= 15 is 0 Å². The largest absolute Gasteiger partial charge is 0.341 e. The van der Waals surface area contributed by atoms with Crippen LogP contribution in [0.25, 0.3) is 0 Å². The van der Waals surface area contributed by atoms with E-state index in [1.165, 1.54) is 0 Å². The van der Waals surface area contributed by atoms with Gasteiger partial charge in [-0.2, -0.15) is 10.5 Å². The molecule has 0 aromatic heterocycles. The molecule has 0 aliphatic carbocycles. The van der Waals surface area contributed by atoms with Crippen LogP contribution in [0.4, 0.5) is 0 Å².